The van der Waals surface area contributed by atoms with Crippen molar-refractivity contribution in [3.8, 4) is 5.75 Å². The predicted molar refractivity (Wildman–Crippen MR) is 53.8 cm³/mol. The van der Waals surface area contributed by atoms with Crippen molar-refractivity contribution in [3.63, 3.8) is 0 Å². The van der Waals surface area contributed by atoms with Crippen LogP contribution in [0.15, 0.2) is 18.2 Å². The molecule has 0 fully saturated rings. The number of aromatic nitrogens is 2. The lowest BCUT2D eigenvalue weighted by molar-refractivity contribution is 0.481. The second-order valence-electron chi connectivity index (χ2n) is 3.10. The Balaban J connectivity index is 2.83. The maximum Gasteiger partial charge on any atom is 0.142 e. The zero-order valence-corrected chi connectivity index (χ0v) is 7.86. The van der Waals surface area contributed by atoms with Crippen LogP contribution in [-0.4, -0.2) is 15.1 Å². The highest BCUT2D eigenvalue weighted by Crippen LogP contribution is 2.24. The first kappa shape index (κ1) is 8.90. The van der Waals surface area contributed by atoms with Crippen LogP contribution in [0.5, 0.6) is 5.75 Å². The molecule has 72 valence electrons. The van der Waals surface area contributed by atoms with Gasteiger partial charge in [0.25, 0.3) is 0 Å². The number of aromatic hydroxyl groups is 1. The zero-order chi connectivity index (χ0) is 10.1. The molecule has 0 aliphatic carbocycles. The minimum absolute atomic E-state index is 0.212. The van der Waals surface area contributed by atoms with Gasteiger partial charge in [-0.3, -0.25) is 0 Å². The fourth-order valence-electron chi connectivity index (χ4n) is 1.50. The van der Waals surface area contributed by atoms with E-state index in [-0.39, 0.29) is 5.75 Å². The van der Waals surface area contributed by atoms with E-state index < -0.39 is 0 Å². The molecule has 14 heavy (non-hydrogen) atoms. The Hall–Kier alpha value is -1.68. The van der Waals surface area contributed by atoms with Crippen molar-refractivity contribution in [1.29, 1.82) is 0 Å². The van der Waals surface area contributed by atoms with Crippen molar-refractivity contribution < 1.29 is 5.11 Å². The van der Waals surface area contributed by atoms with Crippen LogP contribution in [0.4, 0.5) is 0 Å². The van der Waals surface area contributed by atoms with Gasteiger partial charge in [0, 0.05) is 0 Å². The van der Waals surface area contributed by atoms with Crippen molar-refractivity contribution >= 4 is 10.9 Å². The van der Waals surface area contributed by atoms with Crippen molar-refractivity contribution in [3.05, 3.63) is 29.7 Å². The third-order valence-electron chi connectivity index (χ3n) is 2.11. The number of rotatable bonds is 1. The first-order valence-corrected chi connectivity index (χ1v) is 4.37. The number of hydrogen-bond donors (Lipinski definition) is 2. The van der Waals surface area contributed by atoms with Crippen LogP contribution in [0.2, 0.25) is 0 Å². The summed E-state index contributed by atoms with van der Waals surface area (Å²) in [5.74, 6) is 0.809. The first-order chi connectivity index (χ1) is 6.72. The first-order valence-electron chi connectivity index (χ1n) is 4.37. The van der Waals surface area contributed by atoms with Gasteiger partial charge in [0.1, 0.15) is 11.6 Å². The third kappa shape index (κ3) is 1.29. The number of fused-ring (bicyclic) bond motifs is 1. The molecule has 2 aromatic rings. The van der Waals surface area contributed by atoms with Crippen LogP contribution < -0.4 is 5.73 Å². The molecule has 4 heteroatoms. The lowest BCUT2D eigenvalue weighted by Gasteiger charge is -2.05. The van der Waals surface area contributed by atoms with Gasteiger partial charge in [-0.1, -0.05) is 6.07 Å². The van der Waals surface area contributed by atoms with E-state index in [1.54, 1.807) is 12.1 Å². The average molecular weight is 189 g/mol. The van der Waals surface area contributed by atoms with Crippen LogP contribution in [0.1, 0.15) is 11.5 Å². The fourth-order valence-corrected chi connectivity index (χ4v) is 1.50. The van der Waals surface area contributed by atoms with Gasteiger partial charge >= 0.3 is 0 Å². The summed E-state index contributed by atoms with van der Waals surface area (Å²) in [4.78, 5) is 8.40. The van der Waals surface area contributed by atoms with Gasteiger partial charge in [-0.2, -0.15) is 0 Å². The van der Waals surface area contributed by atoms with E-state index in [4.69, 9.17) is 5.73 Å². The molecule has 2 rings (SSSR count). The second-order valence-corrected chi connectivity index (χ2v) is 3.10. The second kappa shape index (κ2) is 3.23. The molecule has 0 saturated carbocycles. The van der Waals surface area contributed by atoms with Crippen molar-refractivity contribution in [1.82, 2.24) is 9.97 Å². The number of benzene rings is 1. The molecule has 1 aromatic carbocycles. The van der Waals surface area contributed by atoms with E-state index in [0.29, 0.717) is 17.8 Å². The summed E-state index contributed by atoms with van der Waals surface area (Å²) >= 11 is 0. The Morgan fingerprint density at radius 2 is 2.14 bits per heavy atom. The van der Waals surface area contributed by atoms with E-state index in [9.17, 15) is 5.11 Å². The molecule has 0 atom stereocenters. The van der Waals surface area contributed by atoms with Gasteiger partial charge < -0.3 is 10.8 Å². The highest BCUT2D eigenvalue weighted by atomic mass is 16.3. The highest BCUT2D eigenvalue weighted by molar-refractivity contribution is 5.86. The van der Waals surface area contributed by atoms with Crippen molar-refractivity contribution in [2.24, 2.45) is 5.73 Å². The van der Waals surface area contributed by atoms with Gasteiger partial charge in [0.15, 0.2) is 0 Å². The predicted octanol–water partition coefficient (Wildman–Crippen LogP) is 1.10. The van der Waals surface area contributed by atoms with Gasteiger partial charge in [-0.05, 0) is 19.1 Å². The molecule has 0 radical (unpaired) electrons. The van der Waals surface area contributed by atoms with Crippen molar-refractivity contribution in [2.45, 2.75) is 13.5 Å². The molecule has 0 spiro atoms. The Labute approximate surface area is 81.4 Å². The fraction of sp³-hybridized carbons (Fsp3) is 0.200. The summed E-state index contributed by atoms with van der Waals surface area (Å²) in [6.07, 6.45) is 0. The van der Waals surface area contributed by atoms with E-state index >= 15 is 0 Å². The SMILES string of the molecule is Cc1nc(CN)nc2cccc(O)c12. The van der Waals surface area contributed by atoms with Gasteiger partial charge in [-0.25, -0.2) is 9.97 Å². The van der Waals surface area contributed by atoms with Crippen LogP contribution in [-0.2, 0) is 6.54 Å². The summed E-state index contributed by atoms with van der Waals surface area (Å²) in [6, 6.07) is 5.22. The van der Waals surface area contributed by atoms with Crippen molar-refractivity contribution in [2.75, 3.05) is 0 Å². The summed E-state index contributed by atoms with van der Waals surface area (Å²) in [5.41, 5.74) is 6.95. The van der Waals surface area contributed by atoms with Gasteiger partial charge in [0.05, 0.1) is 23.1 Å². The maximum absolute atomic E-state index is 9.60. The smallest absolute Gasteiger partial charge is 0.142 e. The minimum Gasteiger partial charge on any atom is -0.507 e. The molecule has 0 bridgehead atoms. The maximum atomic E-state index is 9.60. The van der Waals surface area contributed by atoms with Gasteiger partial charge in [0.2, 0.25) is 0 Å². The number of nitrogens with two attached hydrogens (primary N) is 1. The molecule has 0 amide bonds. The lowest BCUT2D eigenvalue weighted by atomic mass is 10.2. The third-order valence-corrected chi connectivity index (χ3v) is 2.11. The quantitative estimate of drug-likeness (QED) is 0.704. The molecular formula is C10H11N3O. The number of phenolic OH excluding ortho intramolecular Hbond substituents is 1. The molecule has 4 nitrogen and oxygen atoms in total. The molecule has 1 aromatic heterocycles. The summed E-state index contributed by atoms with van der Waals surface area (Å²) in [6.45, 7) is 2.15. The Bertz CT molecular complexity index is 482. The van der Waals surface area contributed by atoms with E-state index in [1.807, 2.05) is 13.0 Å². The Kier molecular flexibility index (Phi) is 2.05. The molecule has 0 saturated heterocycles. The summed E-state index contributed by atoms with van der Waals surface area (Å²) in [7, 11) is 0. The number of phenols is 1. The zero-order valence-electron chi connectivity index (χ0n) is 7.86. The van der Waals surface area contributed by atoms with Crippen LogP contribution in [0.3, 0.4) is 0 Å². The molecule has 3 N–H and O–H groups in total. The Morgan fingerprint density at radius 3 is 2.86 bits per heavy atom. The summed E-state index contributed by atoms with van der Waals surface area (Å²) in [5, 5.41) is 10.3. The lowest BCUT2D eigenvalue weighted by Crippen LogP contribution is -2.04. The summed E-state index contributed by atoms with van der Waals surface area (Å²) < 4.78 is 0. The number of hydrogen-bond acceptors (Lipinski definition) is 4. The molecule has 1 heterocycles. The number of aryl methyl sites for hydroxylation is 1. The Morgan fingerprint density at radius 1 is 1.36 bits per heavy atom. The number of nitrogens with zero attached hydrogens (tertiary/aromatic N) is 2. The monoisotopic (exact) mass is 189 g/mol. The van der Waals surface area contributed by atoms with Crippen LogP contribution in [0.25, 0.3) is 10.9 Å². The van der Waals surface area contributed by atoms with E-state index in [1.165, 1.54) is 0 Å². The molecule has 0 aliphatic heterocycles. The minimum atomic E-state index is 0.212. The van der Waals surface area contributed by atoms with E-state index in [0.717, 1.165) is 11.2 Å². The molecule has 0 aliphatic rings. The largest absolute Gasteiger partial charge is 0.507 e. The molecule has 0 unspecified atom stereocenters. The van der Waals surface area contributed by atoms with E-state index in [2.05, 4.69) is 9.97 Å². The topological polar surface area (TPSA) is 72.0 Å². The average Bonchev–Trinajstić information content (AvgIpc) is 2.17. The van der Waals surface area contributed by atoms with Crippen LogP contribution >= 0.6 is 0 Å². The van der Waals surface area contributed by atoms with Crippen LogP contribution in [0, 0.1) is 6.92 Å². The normalized spacial score (nSPS) is 10.7. The highest BCUT2D eigenvalue weighted by Gasteiger charge is 2.06. The standard InChI is InChI=1S/C10H11N3O/c1-6-10-7(3-2-4-8(10)14)13-9(5-11)12-6/h2-4,14H,5,11H2,1H3. The van der Waals surface area contributed by atoms with Gasteiger partial charge in [-0.15, -0.1) is 0 Å². The molecular weight excluding hydrogens is 178 g/mol.